The molecule has 0 unspecified atom stereocenters. The van der Waals surface area contributed by atoms with Gasteiger partial charge in [-0.3, -0.25) is 0 Å². The molecule has 240 valence electrons. The molecule has 7 aromatic rings. The fourth-order valence-corrected chi connectivity index (χ4v) is 5.76. The molecule has 7 rings (SSSR count). The highest BCUT2D eigenvalue weighted by molar-refractivity contribution is 5.86. The van der Waals surface area contributed by atoms with E-state index in [9.17, 15) is 0 Å². The summed E-state index contributed by atoms with van der Waals surface area (Å²) in [6.45, 7) is 7.81. The zero-order valence-electron chi connectivity index (χ0n) is 27.2. The Balaban J connectivity index is 1.37. The number of tetrazole rings is 1. The summed E-state index contributed by atoms with van der Waals surface area (Å²) in [7, 11) is 0. The van der Waals surface area contributed by atoms with Gasteiger partial charge < -0.3 is 14.0 Å². The van der Waals surface area contributed by atoms with E-state index in [1.54, 1.807) is 0 Å². The van der Waals surface area contributed by atoms with Gasteiger partial charge in [-0.1, -0.05) is 130 Å². The van der Waals surface area contributed by atoms with Crippen molar-refractivity contribution in [3.05, 3.63) is 132 Å². The minimum atomic E-state index is -0.0547. The molecule has 0 aliphatic rings. The van der Waals surface area contributed by atoms with Gasteiger partial charge in [-0.05, 0) is 38.4 Å². The molecule has 10 nitrogen and oxygen atoms in total. The average molecular weight is 637 g/mol. The van der Waals surface area contributed by atoms with E-state index in [-0.39, 0.29) is 5.41 Å². The van der Waals surface area contributed by atoms with Gasteiger partial charge in [-0.2, -0.15) is 5.21 Å². The molecule has 0 spiro atoms. The number of aromatic nitrogens is 8. The van der Waals surface area contributed by atoms with Crippen molar-refractivity contribution in [1.82, 2.24) is 40.4 Å². The van der Waals surface area contributed by atoms with Gasteiger partial charge >= 0.3 is 0 Å². The number of aromatic amines is 1. The van der Waals surface area contributed by atoms with Crippen LogP contribution in [0.1, 0.15) is 43.3 Å². The quantitative estimate of drug-likeness (QED) is 0.155. The summed E-state index contributed by atoms with van der Waals surface area (Å²) in [4.78, 5) is 5.21. The fourth-order valence-electron chi connectivity index (χ4n) is 5.76. The van der Waals surface area contributed by atoms with Gasteiger partial charge in [0.15, 0.2) is 5.52 Å². The molecule has 0 amide bonds. The van der Waals surface area contributed by atoms with Crippen LogP contribution < -0.4 is 9.47 Å². The summed E-state index contributed by atoms with van der Waals surface area (Å²) in [5.74, 6) is 2.19. The van der Waals surface area contributed by atoms with Crippen molar-refractivity contribution in [3.63, 3.8) is 0 Å². The molecule has 0 saturated heterocycles. The molecule has 0 radical (unpaired) electrons. The van der Waals surface area contributed by atoms with E-state index >= 15 is 0 Å². The van der Waals surface area contributed by atoms with Gasteiger partial charge in [-0.15, -0.1) is 20.4 Å². The maximum atomic E-state index is 6.41. The number of H-pyrrole nitrogens is 1. The van der Waals surface area contributed by atoms with Crippen molar-refractivity contribution in [1.29, 1.82) is 0 Å². The van der Waals surface area contributed by atoms with Crippen LogP contribution >= 0.6 is 0 Å². The predicted octanol–water partition coefficient (Wildman–Crippen LogP) is 7.47. The summed E-state index contributed by atoms with van der Waals surface area (Å²) >= 11 is 0. The summed E-state index contributed by atoms with van der Waals surface area (Å²) in [6.07, 6.45) is 0.708. The highest BCUT2D eigenvalue weighted by atomic mass is 16.5. The van der Waals surface area contributed by atoms with Crippen LogP contribution in [0.3, 0.4) is 0 Å². The fraction of sp³-hybridized carbons (Fsp3) is 0.211. The molecular formula is C38H36N8O2. The Hall–Kier alpha value is -5.90. The maximum absolute atomic E-state index is 6.41. The molecule has 1 N–H and O–H groups in total. The Bertz CT molecular complexity index is 2120. The first-order valence-electron chi connectivity index (χ1n) is 15.9. The molecule has 4 aromatic carbocycles. The lowest BCUT2D eigenvalue weighted by atomic mass is 9.91. The van der Waals surface area contributed by atoms with Gasteiger partial charge in [0.2, 0.25) is 5.82 Å². The molecule has 0 aliphatic carbocycles. The maximum Gasteiger partial charge on any atom is 0.262 e. The summed E-state index contributed by atoms with van der Waals surface area (Å²) < 4.78 is 14.9. The third kappa shape index (κ3) is 6.78. The Kier molecular flexibility index (Phi) is 8.61. The van der Waals surface area contributed by atoms with Crippen LogP contribution in [0.2, 0.25) is 0 Å². The van der Waals surface area contributed by atoms with Gasteiger partial charge in [0.05, 0.1) is 6.54 Å². The van der Waals surface area contributed by atoms with Crippen LogP contribution in [0.4, 0.5) is 0 Å². The lowest BCUT2D eigenvalue weighted by molar-refractivity contribution is 0.277. The summed E-state index contributed by atoms with van der Waals surface area (Å²) in [5.41, 5.74) is 7.39. The summed E-state index contributed by atoms with van der Waals surface area (Å²) in [5, 5.41) is 24.0. The number of imidazole rings is 1. The standard InChI is InChI=1S/C38H36N8O2/c1-38(2,3)22-32-39-33-34(37(48-25-27-16-8-5-9-17-27)43-42-36(33)47-24-26-14-6-4-7-15-26)46(32)23-28-18-10-11-19-29(28)30-20-12-13-21-31(30)35-40-44-45-41-35/h4-21H,22-25H2,1-3H3,(H,40,41,44,45). The molecule has 3 aromatic heterocycles. The first kappa shape index (κ1) is 30.7. The lowest BCUT2D eigenvalue weighted by Gasteiger charge is -2.20. The first-order valence-corrected chi connectivity index (χ1v) is 15.9. The SMILES string of the molecule is CC(C)(C)Cc1nc2c(OCc3ccccc3)nnc(OCc3ccccc3)c2n1Cc1ccccc1-c1ccccc1-c1nn[nH]n1. The van der Waals surface area contributed by atoms with Crippen LogP contribution in [-0.4, -0.2) is 40.4 Å². The molecule has 0 bridgehead atoms. The molecule has 48 heavy (non-hydrogen) atoms. The van der Waals surface area contributed by atoms with Crippen LogP contribution in [0.15, 0.2) is 109 Å². The first-order chi connectivity index (χ1) is 23.4. The number of hydrogen-bond acceptors (Lipinski definition) is 8. The number of benzene rings is 4. The van der Waals surface area contributed by atoms with Gasteiger partial charge in [0.1, 0.15) is 24.6 Å². The number of nitrogens with zero attached hydrogens (tertiary/aromatic N) is 7. The Morgan fingerprint density at radius 3 is 1.88 bits per heavy atom. The normalized spacial score (nSPS) is 11.6. The topological polar surface area (TPSA) is 117 Å². The van der Waals surface area contributed by atoms with E-state index in [0.717, 1.165) is 44.7 Å². The Morgan fingerprint density at radius 2 is 1.23 bits per heavy atom. The molecule has 0 atom stereocenters. The highest BCUT2D eigenvalue weighted by Crippen LogP contribution is 2.37. The lowest BCUT2D eigenvalue weighted by Crippen LogP contribution is -2.15. The summed E-state index contributed by atoms with van der Waals surface area (Å²) in [6, 6.07) is 36.5. The van der Waals surface area contributed by atoms with E-state index in [1.807, 2.05) is 84.9 Å². The zero-order valence-corrected chi connectivity index (χ0v) is 27.2. The number of nitrogens with one attached hydrogen (secondary N) is 1. The van der Waals surface area contributed by atoms with Crippen molar-refractivity contribution >= 4 is 11.0 Å². The van der Waals surface area contributed by atoms with Crippen molar-refractivity contribution in [3.8, 4) is 34.3 Å². The van der Waals surface area contributed by atoms with E-state index in [2.05, 4.69) is 80.4 Å². The molecular weight excluding hydrogens is 600 g/mol. The molecule has 10 heteroatoms. The minimum Gasteiger partial charge on any atom is -0.470 e. The van der Waals surface area contributed by atoms with E-state index in [1.165, 1.54) is 0 Å². The number of rotatable bonds is 11. The number of fused-ring (bicyclic) bond motifs is 1. The van der Waals surface area contributed by atoms with Crippen LogP contribution in [0.5, 0.6) is 11.8 Å². The number of hydrogen-bond donors (Lipinski definition) is 1. The average Bonchev–Trinajstić information content (AvgIpc) is 3.76. The monoisotopic (exact) mass is 636 g/mol. The van der Waals surface area contributed by atoms with Crippen molar-refractivity contribution in [2.24, 2.45) is 5.41 Å². The van der Waals surface area contributed by atoms with Gasteiger partial charge in [0, 0.05) is 12.0 Å². The molecule has 3 heterocycles. The van der Waals surface area contributed by atoms with E-state index < -0.39 is 0 Å². The largest absolute Gasteiger partial charge is 0.470 e. The predicted molar refractivity (Wildman–Crippen MR) is 184 cm³/mol. The zero-order chi connectivity index (χ0) is 32.9. The van der Waals surface area contributed by atoms with Crippen molar-refractivity contribution < 1.29 is 9.47 Å². The molecule has 0 aliphatic heterocycles. The molecule has 0 fully saturated rings. The van der Waals surface area contributed by atoms with Crippen molar-refractivity contribution in [2.45, 2.75) is 47.0 Å². The van der Waals surface area contributed by atoms with Crippen LogP contribution in [0, 0.1) is 5.41 Å². The van der Waals surface area contributed by atoms with Gasteiger partial charge in [0.25, 0.3) is 11.8 Å². The smallest absolute Gasteiger partial charge is 0.262 e. The third-order valence-electron chi connectivity index (χ3n) is 7.96. The number of ether oxygens (including phenoxy) is 2. The highest BCUT2D eigenvalue weighted by Gasteiger charge is 2.26. The second-order valence-electron chi connectivity index (χ2n) is 12.8. The second-order valence-corrected chi connectivity index (χ2v) is 12.8. The van der Waals surface area contributed by atoms with Crippen LogP contribution in [0.25, 0.3) is 33.5 Å². The van der Waals surface area contributed by atoms with E-state index in [4.69, 9.17) is 14.5 Å². The van der Waals surface area contributed by atoms with Crippen molar-refractivity contribution in [2.75, 3.05) is 0 Å². The molecule has 0 saturated carbocycles. The minimum absolute atomic E-state index is 0.0547. The van der Waals surface area contributed by atoms with Crippen LogP contribution in [-0.2, 0) is 26.2 Å². The third-order valence-corrected chi connectivity index (χ3v) is 7.96. The Labute approximate surface area is 278 Å². The van der Waals surface area contributed by atoms with Gasteiger partial charge in [-0.25, -0.2) is 4.98 Å². The van der Waals surface area contributed by atoms with E-state index in [0.29, 0.717) is 49.3 Å². The second kappa shape index (κ2) is 13.4. The Morgan fingerprint density at radius 1 is 0.646 bits per heavy atom.